The zero-order valence-electron chi connectivity index (χ0n) is 10.4. The van der Waals surface area contributed by atoms with Crippen LogP contribution in [0.4, 0.5) is 0 Å². The summed E-state index contributed by atoms with van der Waals surface area (Å²) < 4.78 is 1.08. The molecule has 0 atom stereocenters. The number of rotatable bonds is 3. The van der Waals surface area contributed by atoms with Crippen molar-refractivity contribution >= 4 is 33.2 Å². The monoisotopic (exact) mass is 336 g/mol. The van der Waals surface area contributed by atoms with Gasteiger partial charge in [-0.2, -0.15) is 0 Å². The molecule has 0 aliphatic heterocycles. The number of hydrogen-bond acceptors (Lipinski definition) is 2. The van der Waals surface area contributed by atoms with Gasteiger partial charge in [0.05, 0.1) is 5.41 Å². The molecule has 1 fully saturated rings. The zero-order valence-corrected chi connectivity index (χ0v) is 12.8. The molecule has 0 radical (unpaired) electrons. The van der Waals surface area contributed by atoms with Crippen molar-refractivity contribution in [2.45, 2.75) is 25.2 Å². The number of benzene rings is 1. The van der Waals surface area contributed by atoms with Crippen molar-refractivity contribution in [2.75, 3.05) is 0 Å². The van der Waals surface area contributed by atoms with Gasteiger partial charge in [0.15, 0.2) is 0 Å². The number of aliphatic carboxylic acids is 1. The molecule has 1 saturated carbocycles. The molecule has 98 valence electrons. The molecule has 0 unspecified atom stereocenters. The molecule has 1 heterocycles. The van der Waals surface area contributed by atoms with Gasteiger partial charge in [-0.3, -0.25) is 4.79 Å². The maximum absolute atomic E-state index is 11.3. The Morgan fingerprint density at radius 2 is 2.11 bits per heavy atom. The number of aryl methyl sites for hydroxylation is 1. The highest BCUT2D eigenvalue weighted by molar-refractivity contribution is 9.10. The smallest absolute Gasteiger partial charge is 0.314 e. The Labute approximate surface area is 124 Å². The highest BCUT2D eigenvalue weighted by Gasteiger charge is 2.52. The van der Waals surface area contributed by atoms with E-state index >= 15 is 0 Å². The second-order valence-corrected chi connectivity index (χ2v) is 6.82. The van der Waals surface area contributed by atoms with Crippen LogP contribution in [0.15, 0.2) is 34.1 Å². The van der Waals surface area contributed by atoms with E-state index in [2.05, 4.69) is 41.1 Å². The van der Waals surface area contributed by atoms with Crippen molar-refractivity contribution in [1.29, 1.82) is 0 Å². The molecule has 19 heavy (non-hydrogen) atoms. The minimum atomic E-state index is -0.693. The first kappa shape index (κ1) is 12.9. The molecule has 0 spiro atoms. The summed E-state index contributed by atoms with van der Waals surface area (Å²) in [5, 5.41) is 11.3. The molecule has 1 N–H and O–H groups in total. The van der Waals surface area contributed by atoms with E-state index in [4.69, 9.17) is 0 Å². The molecule has 0 saturated heterocycles. The standard InChI is InChI=1S/C15H13BrO2S/c1-9-2-3-10(6-12(9)16)13-7-11(8-19-13)15(4-5-15)14(17)18/h2-3,6-8H,4-5H2,1H3,(H,17,18). The lowest BCUT2D eigenvalue weighted by atomic mass is 9.98. The third-order valence-corrected chi connectivity index (χ3v) is 5.60. The number of thiophene rings is 1. The second kappa shape index (κ2) is 4.46. The molecule has 1 aromatic carbocycles. The third kappa shape index (κ3) is 2.13. The first-order chi connectivity index (χ1) is 9.03. The molecule has 3 rings (SSSR count). The van der Waals surface area contributed by atoms with E-state index in [1.54, 1.807) is 11.3 Å². The Kier molecular flexibility index (Phi) is 3.02. The van der Waals surface area contributed by atoms with E-state index in [9.17, 15) is 9.90 Å². The first-order valence-corrected chi connectivity index (χ1v) is 7.79. The van der Waals surface area contributed by atoms with Gasteiger partial charge in [0.25, 0.3) is 0 Å². The van der Waals surface area contributed by atoms with E-state index in [0.717, 1.165) is 33.3 Å². The molecule has 0 bridgehead atoms. The summed E-state index contributed by atoms with van der Waals surface area (Å²) >= 11 is 5.15. The Balaban J connectivity index is 1.97. The number of carbonyl (C=O) groups is 1. The van der Waals surface area contributed by atoms with Crippen LogP contribution in [0.5, 0.6) is 0 Å². The number of carboxylic acid groups (broad SMARTS) is 1. The van der Waals surface area contributed by atoms with Crippen LogP contribution in [-0.4, -0.2) is 11.1 Å². The van der Waals surface area contributed by atoms with Gasteiger partial charge in [-0.25, -0.2) is 0 Å². The van der Waals surface area contributed by atoms with Gasteiger partial charge in [0, 0.05) is 9.35 Å². The van der Waals surface area contributed by atoms with Crippen LogP contribution >= 0.6 is 27.3 Å². The molecular weight excluding hydrogens is 324 g/mol. The van der Waals surface area contributed by atoms with E-state index in [-0.39, 0.29) is 0 Å². The maximum atomic E-state index is 11.3. The fraction of sp³-hybridized carbons (Fsp3) is 0.267. The van der Waals surface area contributed by atoms with Crippen LogP contribution in [0.1, 0.15) is 24.0 Å². The molecule has 1 aliphatic carbocycles. The summed E-state index contributed by atoms with van der Waals surface area (Å²) in [6.07, 6.45) is 1.52. The van der Waals surface area contributed by atoms with E-state index < -0.39 is 11.4 Å². The quantitative estimate of drug-likeness (QED) is 0.889. The van der Waals surface area contributed by atoms with Gasteiger partial charge in [-0.15, -0.1) is 11.3 Å². The summed E-state index contributed by atoms with van der Waals surface area (Å²) in [5.74, 6) is -0.693. The Morgan fingerprint density at radius 3 is 2.68 bits per heavy atom. The predicted octanol–water partition coefficient (Wildman–Crippen LogP) is 4.60. The average Bonchev–Trinajstić information content (AvgIpc) is 3.05. The zero-order chi connectivity index (χ0) is 13.6. The highest BCUT2D eigenvalue weighted by Crippen LogP contribution is 2.50. The molecule has 0 amide bonds. The van der Waals surface area contributed by atoms with Gasteiger partial charge in [0.2, 0.25) is 0 Å². The SMILES string of the molecule is Cc1ccc(-c2cc(C3(C(=O)O)CC3)cs2)cc1Br. The van der Waals surface area contributed by atoms with Crippen LogP contribution in [0.25, 0.3) is 10.4 Å². The molecular formula is C15H13BrO2S. The van der Waals surface area contributed by atoms with Crippen molar-refractivity contribution in [3.63, 3.8) is 0 Å². The minimum Gasteiger partial charge on any atom is -0.481 e. The fourth-order valence-electron chi connectivity index (χ4n) is 2.24. The molecule has 2 aromatic rings. The van der Waals surface area contributed by atoms with Crippen LogP contribution in [-0.2, 0) is 10.2 Å². The fourth-order valence-corrected chi connectivity index (χ4v) is 3.62. The van der Waals surface area contributed by atoms with Crippen LogP contribution in [0.2, 0.25) is 0 Å². The first-order valence-electron chi connectivity index (χ1n) is 6.12. The lowest BCUT2D eigenvalue weighted by Crippen LogP contribution is -2.18. The Morgan fingerprint density at radius 1 is 1.37 bits per heavy atom. The Hall–Kier alpha value is -1.13. The Bertz CT molecular complexity index is 656. The number of carboxylic acids is 1. The lowest BCUT2D eigenvalue weighted by Gasteiger charge is -2.06. The van der Waals surface area contributed by atoms with Crippen molar-refractivity contribution in [2.24, 2.45) is 0 Å². The van der Waals surface area contributed by atoms with Gasteiger partial charge in [-0.05, 0) is 54.0 Å². The van der Waals surface area contributed by atoms with Crippen molar-refractivity contribution < 1.29 is 9.90 Å². The molecule has 4 heteroatoms. The summed E-state index contributed by atoms with van der Waals surface area (Å²) in [4.78, 5) is 12.5. The summed E-state index contributed by atoms with van der Waals surface area (Å²) in [6, 6.07) is 8.27. The average molecular weight is 337 g/mol. The second-order valence-electron chi connectivity index (χ2n) is 5.05. The predicted molar refractivity (Wildman–Crippen MR) is 80.7 cm³/mol. The molecule has 1 aromatic heterocycles. The maximum Gasteiger partial charge on any atom is 0.314 e. The molecule has 1 aliphatic rings. The van der Waals surface area contributed by atoms with Crippen molar-refractivity contribution in [3.8, 4) is 10.4 Å². The number of halogens is 1. The van der Waals surface area contributed by atoms with Gasteiger partial charge >= 0.3 is 5.97 Å². The van der Waals surface area contributed by atoms with E-state index in [0.29, 0.717) is 0 Å². The normalized spacial score (nSPS) is 16.3. The van der Waals surface area contributed by atoms with Crippen LogP contribution in [0.3, 0.4) is 0 Å². The highest BCUT2D eigenvalue weighted by atomic mass is 79.9. The summed E-state index contributed by atoms with van der Waals surface area (Å²) in [6.45, 7) is 2.05. The van der Waals surface area contributed by atoms with Crippen LogP contribution < -0.4 is 0 Å². The van der Waals surface area contributed by atoms with E-state index in [1.165, 1.54) is 5.56 Å². The van der Waals surface area contributed by atoms with Crippen molar-refractivity contribution in [1.82, 2.24) is 0 Å². The number of hydrogen-bond donors (Lipinski definition) is 1. The van der Waals surface area contributed by atoms with Crippen LogP contribution in [0, 0.1) is 6.92 Å². The van der Waals surface area contributed by atoms with Gasteiger partial charge in [0.1, 0.15) is 0 Å². The van der Waals surface area contributed by atoms with Gasteiger partial charge < -0.3 is 5.11 Å². The lowest BCUT2D eigenvalue weighted by molar-refractivity contribution is -0.140. The summed E-state index contributed by atoms with van der Waals surface area (Å²) in [7, 11) is 0. The molecule has 2 nitrogen and oxygen atoms in total. The summed E-state index contributed by atoms with van der Waals surface area (Å²) in [5.41, 5.74) is 2.69. The van der Waals surface area contributed by atoms with Gasteiger partial charge in [-0.1, -0.05) is 28.1 Å². The minimum absolute atomic E-state index is 0.601. The van der Waals surface area contributed by atoms with Crippen molar-refractivity contribution in [3.05, 3.63) is 45.2 Å². The third-order valence-electron chi connectivity index (χ3n) is 3.77. The largest absolute Gasteiger partial charge is 0.481 e. The topological polar surface area (TPSA) is 37.3 Å². The van der Waals surface area contributed by atoms with E-state index in [1.807, 2.05) is 11.4 Å².